The molecule has 0 spiro atoms. The summed E-state index contributed by atoms with van der Waals surface area (Å²) < 4.78 is 0. The highest BCUT2D eigenvalue weighted by atomic mass is 35.5. The number of rotatable bonds is 5. The maximum absolute atomic E-state index is 11.6. The molecule has 114 valence electrons. The summed E-state index contributed by atoms with van der Waals surface area (Å²) in [7, 11) is 0. The molecule has 0 atom stereocenters. The van der Waals surface area contributed by atoms with Crippen LogP contribution >= 0.6 is 11.6 Å². The Morgan fingerprint density at radius 3 is 2.50 bits per heavy atom. The fourth-order valence-corrected chi connectivity index (χ4v) is 2.06. The van der Waals surface area contributed by atoms with Crippen molar-refractivity contribution in [2.75, 3.05) is 5.32 Å². The number of carbonyl (C=O) groups is 2. The number of benzene rings is 2. The molecule has 6 heteroatoms. The lowest BCUT2D eigenvalue weighted by atomic mass is 10.1. The minimum atomic E-state index is -0.775. The van der Waals surface area contributed by atoms with E-state index in [1.165, 1.54) is 19.1 Å². The molecule has 0 aliphatic rings. The van der Waals surface area contributed by atoms with Crippen LogP contribution in [0.25, 0.3) is 0 Å². The Kier molecular flexibility index (Phi) is 5.52. The molecule has 2 rings (SSSR count). The van der Waals surface area contributed by atoms with E-state index < -0.39 is 6.09 Å². The minimum Gasteiger partial charge on any atom is -0.294 e. The Bertz CT molecular complexity index is 673. The van der Waals surface area contributed by atoms with E-state index in [2.05, 4.69) is 10.2 Å². The Labute approximate surface area is 132 Å². The summed E-state index contributed by atoms with van der Waals surface area (Å²) in [6.45, 7) is 1.57. The van der Waals surface area contributed by atoms with Crippen LogP contribution in [0.2, 0.25) is 5.02 Å². The SMILES string of the molecule is CC(=O)c1ccc(NC(=O)OOCc2ccccc2)cc1Cl. The van der Waals surface area contributed by atoms with E-state index in [1.54, 1.807) is 6.07 Å². The van der Waals surface area contributed by atoms with Crippen LogP contribution in [0.4, 0.5) is 10.5 Å². The van der Waals surface area contributed by atoms with Gasteiger partial charge in [-0.2, -0.15) is 4.89 Å². The van der Waals surface area contributed by atoms with Crippen LogP contribution in [-0.4, -0.2) is 11.9 Å². The average molecular weight is 320 g/mol. The van der Waals surface area contributed by atoms with E-state index in [4.69, 9.17) is 16.5 Å². The number of amides is 1. The summed E-state index contributed by atoms with van der Waals surface area (Å²) in [5, 5.41) is 2.71. The first-order valence-electron chi connectivity index (χ1n) is 6.51. The lowest BCUT2D eigenvalue weighted by molar-refractivity contribution is -0.244. The van der Waals surface area contributed by atoms with E-state index in [9.17, 15) is 9.59 Å². The zero-order chi connectivity index (χ0) is 15.9. The molecule has 0 bridgehead atoms. The molecule has 0 saturated carbocycles. The van der Waals surface area contributed by atoms with E-state index in [0.717, 1.165) is 5.56 Å². The van der Waals surface area contributed by atoms with Gasteiger partial charge in [0.05, 0.1) is 5.02 Å². The van der Waals surface area contributed by atoms with Gasteiger partial charge in [0.2, 0.25) is 0 Å². The van der Waals surface area contributed by atoms with Crippen molar-refractivity contribution in [3.63, 3.8) is 0 Å². The molecule has 2 aromatic rings. The van der Waals surface area contributed by atoms with Crippen LogP contribution in [0.1, 0.15) is 22.8 Å². The fourth-order valence-electron chi connectivity index (χ4n) is 1.74. The van der Waals surface area contributed by atoms with Crippen molar-refractivity contribution in [1.82, 2.24) is 0 Å². The van der Waals surface area contributed by atoms with Crippen LogP contribution in [0.3, 0.4) is 0 Å². The number of anilines is 1. The topological polar surface area (TPSA) is 64.6 Å². The highest BCUT2D eigenvalue weighted by Gasteiger charge is 2.09. The molecule has 0 heterocycles. The molecule has 0 aliphatic heterocycles. The number of halogens is 1. The Morgan fingerprint density at radius 1 is 1.14 bits per heavy atom. The first kappa shape index (κ1) is 16.0. The number of hydrogen-bond donors (Lipinski definition) is 1. The van der Waals surface area contributed by atoms with Crippen molar-refractivity contribution in [2.45, 2.75) is 13.5 Å². The van der Waals surface area contributed by atoms with Gasteiger partial charge in [-0.1, -0.05) is 41.9 Å². The van der Waals surface area contributed by atoms with Gasteiger partial charge in [0.1, 0.15) is 6.61 Å². The number of carbonyl (C=O) groups excluding carboxylic acids is 2. The van der Waals surface area contributed by atoms with Gasteiger partial charge in [-0.25, -0.2) is 4.79 Å². The standard InChI is InChI=1S/C16H14ClNO4/c1-11(19)14-8-7-13(9-15(14)17)18-16(20)22-21-10-12-5-3-2-4-6-12/h2-9H,10H2,1H3,(H,18,20). The van der Waals surface area contributed by atoms with Gasteiger partial charge >= 0.3 is 6.09 Å². The summed E-state index contributed by atoms with van der Waals surface area (Å²) in [6, 6.07) is 13.9. The molecule has 0 unspecified atom stereocenters. The molecule has 0 aliphatic carbocycles. The highest BCUT2D eigenvalue weighted by Crippen LogP contribution is 2.21. The van der Waals surface area contributed by atoms with Crippen molar-refractivity contribution in [2.24, 2.45) is 0 Å². The third-order valence-electron chi connectivity index (χ3n) is 2.80. The van der Waals surface area contributed by atoms with E-state index in [1.807, 2.05) is 30.3 Å². The molecule has 2 aromatic carbocycles. The zero-order valence-corrected chi connectivity index (χ0v) is 12.6. The molecule has 1 N–H and O–H groups in total. The summed E-state index contributed by atoms with van der Waals surface area (Å²) >= 11 is 5.95. The highest BCUT2D eigenvalue weighted by molar-refractivity contribution is 6.34. The Balaban J connectivity index is 1.84. The first-order valence-corrected chi connectivity index (χ1v) is 6.89. The molecule has 22 heavy (non-hydrogen) atoms. The molecule has 0 radical (unpaired) electrons. The van der Waals surface area contributed by atoms with Crippen LogP contribution in [0.15, 0.2) is 48.5 Å². The largest absolute Gasteiger partial charge is 0.443 e. The fraction of sp³-hybridized carbons (Fsp3) is 0.125. The van der Waals surface area contributed by atoms with E-state index >= 15 is 0 Å². The van der Waals surface area contributed by atoms with Gasteiger partial charge in [-0.3, -0.25) is 15.0 Å². The van der Waals surface area contributed by atoms with Crippen LogP contribution < -0.4 is 5.32 Å². The van der Waals surface area contributed by atoms with Gasteiger partial charge in [-0.15, -0.1) is 0 Å². The van der Waals surface area contributed by atoms with Gasteiger partial charge in [-0.05, 0) is 30.7 Å². The number of ketones is 1. The van der Waals surface area contributed by atoms with Gasteiger partial charge < -0.3 is 0 Å². The maximum Gasteiger partial charge on any atom is 0.443 e. The molecule has 0 aromatic heterocycles. The Hall–Kier alpha value is -2.37. The maximum atomic E-state index is 11.6. The summed E-state index contributed by atoms with van der Waals surface area (Å²) in [5.74, 6) is -0.148. The van der Waals surface area contributed by atoms with Gasteiger partial charge in [0, 0.05) is 11.3 Å². The second-order valence-corrected chi connectivity index (χ2v) is 4.90. The van der Waals surface area contributed by atoms with Crippen molar-refractivity contribution >= 4 is 29.2 Å². The minimum absolute atomic E-state index is 0.148. The average Bonchev–Trinajstić information content (AvgIpc) is 2.48. The van der Waals surface area contributed by atoms with Crippen LogP contribution in [0.5, 0.6) is 0 Å². The summed E-state index contributed by atoms with van der Waals surface area (Å²) in [5.41, 5.74) is 1.67. The van der Waals surface area contributed by atoms with Crippen molar-refractivity contribution in [3.05, 3.63) is 64.7 Å². The Morgan fingerprint density at radius 2 is 1.86 bits per heavy atom. The second-order valence-electron chi connectivity index (χ2n) is 4.49. The van der Waals surface area contributed by atoms with Crippen molar-refractivity contribution < 1.29 is 19.4 Å². The third-order valence-corrected chi connectivity index (χ3v) is 3.11. The van der Waals surface area contributed by atoms with Crippen LogP contribution in [0, 0.1) is 0 Å². The van der Waals surface area contributed by atoms with Crippen molar-refractivity contribution in [1.29, 1.82) is 0 Å². The van der Waals surface area contributed by atoms with E-state index in [0.29, 0.717) is 11.3 Å². The quantitative estimate of drug-likeness (QED) is 0.509. The van der Waals surface area contributed by atoms with Crippen molar-refractivity contribution in [3.8, 4) is 0 Å². The summed E-state index contributed by atoms with van der Waals surface area (Å²) in [6.07, 6.45) is -0.775. The number of hydrogen-bond acceptors (Lipinski definition) is 4. The third kappa shape index (κ3) is 4.58. The monoisotopic (exact) mass is 319 g/mol. The normalized spacial score (nSPS) is 10.1. The molecule has 1 amide bonds. The number of Topliss-reactive ketones (excluding diaryl/α,β-unsaturated/α-hetero) is 1. The second kappa shape index (κ2) is 7.59. The zero-order valence-electron chi connectivity index (χ0n) is 11.8. The molecular weight excluding hydrogens is 306 g/mol. The lowest BCUT2D eigenvalue weighted by Crippen LogP contribution is -2.14. The predicted octanol–water partition coefficient (Wildman–Crippen LogP) is 4.22. The van der Waals surface area contributed by atoms with Gasteiger partial charge in [0.25, 0.3) is 0 Å². The molecule has 0 fully saturated rings. The lowest BCUT2D eigenvalue weighted by Gasteiger charge is -2.07. The predicted molar refractivity (Wildman–Crippen MR) is 82.8 cm³/mol. The first-order chi connectivity index (χ1) is 10.6. The van der Waals surface area contributed by atoms with Gasteiger partial charge in [0.15, 0.2) is 5.78 Å². The molecular formula is C16H14ClNO4. The smallest absolute Gasteiger partial charge is 0.294 e. The number of nitrogens with one attached hydrogen (secondary N) is 1. The summed E-state index contributed by atoms with van der Waals surface area (Å²) in [4.78, 5) is 32.3. The van der Waals surface area contributed by atoms with E-state index in [-0.39, 0.29) is 17.4 Å². The van der Waals surface area contributed by atoms with Crippen LogP contribution in [-0.2, 0) is 16.4 Å². The molecule has 0 saturated heterocycles. The molecule has 5 nitrogen and oxygen atoms in total.